The highest BCUT2D eigenvalue weighted by atomic mass is 16.5. The Morgan fingerprint density at radius 1 is 1.31 bits per heavy atom. The van der Waals surface area contributed by atoms with Gasteiger partial charge < -0.3 is 4.74 Å². The topological polar surface area (TPSA) is 26.3 Å². The first-order chi connectivity index (χ1) is 7.78. The summed E-state index contributed by atoms with van der Waals surface area (Å²) >= 11 is 0. The van der Waals surface area contributed by atoms with E-state index in [0.717, 1.165) is 31.4 Å². The van der Waals surface area contributed by atoms with Gasteiger partial charge >= 0.3 is 0 Å². The number of hydrogen-bond donors (Lipinski definition) is 0. The van der Waals surface area contributed by atoms with Crippen LogP contribution in [-0.4, -0.2) is 12.9 Å². The molecule has 2 aliphatic carbocycles. The third kappa shape index (κ3) is 1.44. The minimum atomic E-state index is 0.443. The molecule has 2 atom stereocenters. The number of benzene rings is 1. The van der Waals surface area contributed by atoms with Gasteiger partial charge in [-0.05, 0) is 47.9 Å². The fourth-order valence-corrected chi connectivity index (χ4v) is 3.23. The minimum Gasteiger partial charge on any atom is -0.497 e. The maximum atomic E-state index is 11.5. The number of fused-ring (bicyclic) bond motifs is 3. The van der Waals surface area contributed by atoms with Crippen molar-refractivity contribution in [2.75, 3.05) is 7.11 Å². The number of methoxy groups -OCH3 is 1. The molecule has 3 rings (SSSR count). The fraction of sp³-hybridized carbons (Fsp3) is 0.500. The molecule has 1 fully saturated rings. The van der Waals surface area contributed by atoms with Crippen molar-refractivity contribution in [3.05, 3.63) is 29.3 Å². The molecular weight excluding hydrogens is 200 g/mol. The van der Waals surface area contributed by atoms with Gasteiger partial charge in [0.15, 0.2) is 0 Å². The minimum absolute atomic E-state index is 0.443. The Hall–Kier alpha value is -1.31. The second kappa shape index (κ2) is 3.62. The quantitative estimate of drug-likeness (QED) is 0.721. The molecule has 2 heteroatoms. The molecule has 0 saturated heterocycles. The van der Waals surface area contributed by atoms with Gasteiger partial charge in [0.25, 0.3) is 0 Å². The van der Waals surface area contributed by atoms with E-state index in [2.05, 4.69) is 12.1 Å². The lowest BCUT2D eigenvalue weighted by Crippen LogP contribution is -2.15. The van der Waals surface area contributed by atoms with Gasteiger partial charge in [0.2, 0.25) is 0 Å². The van der Waals surface area contributed by atoms with Gasteiger partial charge in [0, 0.05) is 12.8 Å². The van der Waals surface area contributed by atoms with Crippen LogP contribution in [0.15, 0.2) is 18.2 Å². The van der Waals surface area contributed by atoms with Crippen molar-refractivity contribution >= 4 is 5.78 Å². The van der Waals surface area contributed by atoms with Crippen molar-refractivity contribution in [1.29, 1.82) is 0 Å². The lowest BCUT2D eigenvalue weighted by atomic mass is 9.77. The summed E-state index contributed by atoms with van der Waals surface area (Å²) in [6, 6.07) is 6.31. The van der Waals surface area contributed by atoms with Gasteiger partial charge in [-0.15, -0.1) is 0 Å². The first-order valence-corrected chi connectivity index (χ1v) is 5.96. The van der Waals surface area contributed by atoms with Crippen molar-refractivity contribution < 1.29 is 9.53 Å². The average molecular weight is 216 g/mol. The van der Waals surface area contributed by atoms with E-state index < -0.39 is 0 Å². The van der Waals surface area contributed by atoms with Crippen LogP contribution in [0.5, 0.6) is 5.75 Å². The molecule has 0 amide bonds. The van der Waals surface area contributed by atoms with E-state index in [1.54, 1.807) is 7.11 Å². The normalized spacial score (nSPS) is 27.4. The highest BCUT2D eigenvalue weighted by molar-refractivity contribution is 5.82. The summed E-state index contributed by atoms with van der Waals surface area (Å²) in [6.45, 7) is 0. The number of ketones is 1. The average Bonchev–Trinajstić information content (AvgIpc) is 2.69. The molecular formula is C14H16O2. The molecule has 0 unspecified atom stereocenters. The third-order valence-corrected chi connectivity index (χ3v) is 4.04. The maximum absolute atomic E-state index is 11.5. The maximum Gasteiger partial charge on any atom is 0.133 e. The zero-order valence-electron chi connectivity index (χ0n) is 9.53. The number of carbonyl (C=O) groups excluding carboxylic acids is 1. The molecule has 0 aromatic heterocycles. The summed E-state index contributed by atoms with van der Waals surface area (Å²) in [5.41, 5.74) is 2.78. The van der Waals surface area contributed by atoms with Gasteiger partial charge in [0.1, 0.15) is 11.5 Å². The molecule has 16 heavy (non-hydrogen) atoms. The lowest BCUT2D eigenvalue weighted by Gasteiger charge is -2.27. The van der Waals surface area contributed by atoms with Crippen LogP contribution in [0.25, 0.3) is 0 Å². The number of carbonyl (C=O) groups is 1. The Balaban J connectivity index is 2.00. The summed E-state index contributed by atoms with van der Waals surface area (Å²) in [5.74, 6) is 2.47. The number of ether oxygens (including phenoxy) is 1. The van der Waals surface area contributed by atoms with Gasteiger partial charge in [-0.2, -0.15) is 0 Å². The highest BCUT2D eigenvalue weighted by Gasteiger charge is 2.37. The van der Waals surface area contributed by atoms with Gasteiger partial charge in [-0.25, -0.2) is 0 Å². The van der Waals surface area contributed by atoms with Crippen molar-refractivity contribution in [3.63, 3.8) is 0 Å². The predicted octanol–water partition coefficient (Wildman–Crippen LogP) is 2.70. The van der Waals surface area contributed by atoms with E-state index in [9.17, 15) is 4.79 Å². The van der Waals surface area contributed by atoms with Crippen LogP contribution >= 0.6 is 0 Å². The Morgan fingerprint density at radius 3 is 3.00 bits per heavy atom. The largest absolute Gasteiger partial charge is 0.497 e. The summed E-state index contributed by atoms with van der Waals surface area (Å²) in [7, 11) is 1.70. The SMILES string of the molecule is COc1ccc2c(c1)CC[C@@H]1CC(=O)C[C@H]21. The molecule has 0 aliphatic heterocycles. The highest BCUT2D eigenvalue weighted by Crippen LogP contribution is 2.45. The molecule has 0 spiro atoms. The molecule has 2 nitrogen and oxygen atoms in total. The van der Waals surface area contributed by atoms with Gasteiger partial charge in [0.05, 0.1) is 7.11 Å². The molecule has 1 saturated carbocycles. The third-order valence-electron chi connectivity index (χ3n) is 4.04. The standard InChI is InChI=1S/C14H16O2/c1-16-12-4-5-13-10(7-12)3-2-9-6-11(15)8-14(9)13/h4-5,7,9,14H,2-3,6,8H2,1H3/t9-,14+/m1/s1. The van der Waals surface area contributed by atoms with Crippen LogP contribution < -0.4 is 4.74 Å². The van der Waals surface area contributed by atoms with E-state index in [0.29, 0.717) is 17.6 Å². The molecule has 0 bridgehead atoms. The summed E-state index contributed by atoms with van der Waals surface area (Å²) in [4.78, 5) is 11.5. The molecule has 0 radical (unpaired) electrons. The molecule has 84 valence electrons. The predicted molar refractivity (Wildman–Crippen MR) is 61.8 cm³/mol. The number of hydrogen-bond acceptors (Lipinski definition) is 2. The van der Waals surface area contributed by atoms with Crippen LogP contribution in [0.4, 0.5) is 0 Å². The van der Waals surface area contributed by atoms with E-state index in [1.807, 2.05) is 6.07 Å². The van der Waals surface area contributed by atoms with Crippen LogP contribution in [0.2, 0.25) is 0 Å². The molecule has 1 aromatic carbocycles. The molecule has 2 aliphatic rings. The second-order valence-electron chi connectivity index (χ2n) is 4.92. The Bertz CT molecular complexity index is 436. The summed E-state index contributed by atoms with van der Waals surface area (Å²) in [5, 5.41) is 0. The molecule has 0 heterocycles. The molecule has 0 N–H and O–H groups in total. The second-order valence-corrected chi connectivity index (χ2v) is 4.92. The van der Waals surface area contributed by atoms with Gasteiger partial charge in [-0.1, -0.05) is 6.07 Å². The van der Waals surface area contributed by atoms with Crippen molar-refractivity contribution in [1.82, 2.24) is 0 Å². The van der Waals surface area contributed by atoms with E-state index >= 15 is 0 Å². The Labute approximate surface area is 95.6 Å². The monoisotopic (exact) mass is 216 g/mol. The van der Waals surface area contributed by atoms with Crippen LogP contribution in [-0.2, 0) is 11.2 Å². The zero-order chi connectivity index (χ0) is 11.1. The molecule has 1 aromatic rings. The van der Waals surface area contributed by atoms with Crippen molar-refractivity contribution in [2.24, 2.45) is 5.92 Å². The van der Waals surface area contributed by atoms with Crippen molar-refractivity contribution in [3.8, 4) is 5.75 Å². The number of Topliss-reactive ketones (excluding diaryl/α,β-unsaturated/α-hetero) is 1. The zero-order valence-corrected chi connectivity index (χ0v) is 9.53. The first kappa shape index (κ1) is 9.88. The smallest absolute Gasteiger partial charge is 0.133 e. The van der Waals surface area contributed by atoms with Crippen LogP contribution in [0.3, 0.4) is 0 Å². The summed E-state index contributed by atoms with van der Waals surface area (Å²) < 4.78 is 5.25. The lowest BCUT2D eigenvalue weighted by molar-refractivity contribution is -0.117. The fourth-order valence-electron chi connectivity index (χ4n) is 3.23. The number of rotatable bonds is 1. The Morgan fingerprint density at radius 2 is 2.19 bits per heavy atom. The Kier molecular flexibility index (Phi) is 2.23. The van der Waals surface area contributed by atoms with E-state index in [1.165, 1.54) is 11.1 Å². The summed E-state index contributed by atoms with van der Waals surface area (Å²) in [6.07, 6.45) is 3.82. The van der Waals surface area contributed by atoms with E-state index in [4.69, 9.17) is 4.74 Å². The number of aryl methyl sites for hydroxylation is 1. The van der Waals surface area contributed by atoms with Crippen LogP contribution in [0.1, 0.15) is 36.3 Å². The van der Waals surface area contributed by atoms with Crippen molar-refractivity contribution in [2.45, 2.75) is 31.6 Å². The van der Waals surface area contributed by atoms with Crippen LogP contribution in [0, 0.1) is 5.92 Å². The van der Waals surface area contributed by atoms with E-state index in [-0.39, 0.29) is 0 Å². The van der Waals surface area contributed by atoms with Gasteiger partial charge in [-0.3, -0.25) is 4.79 Å². The first-order valence-electron chi connectivity index (χ1n) is 5.96.